The number of fused-ring (bicyclic) bond motifs is 1. The van der Waals surface area contributed by atoms with Gasteiger partial charge in [0.25, 0.3) is 0 Å². The average molecular weight is 560 g/mol. The summed E-state index contributed by atoms with van der Waals surface area (Å²) in [5, 5.41) is 6.25. The third-order valence-corrected chi connectivity index (χ3v) is 6.74. The van der Waals surface area contributed by atoms with E-state index in [-0.39, 0.29) is 36.3 Å². The Balaban J connectivity index is 0.00000341. The Labute approximate surface area is 201 Å². The van der Waals surface area contributed by atoms with E-state index in [4.69, 9.17) is 9.47 Å². The maximum Gasteiger partial charge on any atom is 0.236 e. The molecular formula is C21H29IN4O4S. The van der Waals surface area contributed by atoms with Gasteiger partial charge in [0.1, 0.15) is 0 Å². The summed E-state index contributed by atoms with van der Waals surface area (Å²) < 4.78 is 37.6. The van der Waals surface area contributed by atoms with Gasteiger partial charge in [-0.05, 0) is 35.7 Å². The van der Waals surface area contributed by atoms with Crippen molar-refractivity contribution in [1.82, 2.24) is 10.6 Å². The highest BCUT2D eigenvalue weighted by atomic mass is 127. The molecule has 8 nitrogen and oxygen atoms in total. The number of ether oxygens (including phenoxy) is 2. The normalized spacial score (nSPS) is 13.3. The number of aliphatic imine (C=N–C) groups is 1. The first kappa shape index (κ1) is 25.1. The van der Waals surface area contributed by atoms with Crippen molar-refractivity contribution < 1.29 is 17.9 Å². The summed E-state index contributed by atoms with van der Waals surface area (Å²) in [6.45, 7) is 1.26. The summed E-state index contributed by atoms with van der Waals surface area (Å²) in [4.78, 5) is 4.16. The van der Waals surface area contributed by atoms with Crippen molar-refractivity contribution in [3.8, 4) is 11.5 Å². The van der Waals surface area contributed by atoms with Crippen molar-refractivity contribution in [1.29, 1.82) is 0 Å². The lowest BCUT2D eigenvalue weighted by molar-refractivity contribution is 0.354. The van der Waals surface area contributed by atoms with Crippen molar-refractivity contribution in [2.75, 3.05) is 44.4 Å². The molecule has 0 fully saturated rings. The quantitative estimate of drug-likeness (QED) is 0.293. The minimum Gasteiger partial charge on any atom is -0.493 e. The van der Waals surface area contributed by atoms with Crippen molar-refractivity contribution in [2.45, 2.75) is 13.0 Å². The number of sulfonamides is 1. The highest BCUT2D eigenvalue weighted by molar-refractivity contribution is 14.0. The van der Waals surface area contributed by atoms with Gasteiger partial charge in [-0.3, -0.25) is 9.30 Å². The second-order valence-corrected chi connectivity index (χ2v) is 8.82. The molecule has 3 rings (SSSR count). The number of nitrogens with zero attached hydrogens (tertiary/aromatic N) is 2. The molecule has 2 aromatic carbocycles. The van der Waals surface area contributed by atoms with E-state index in [1.54, 1.807) is 21.3 Å². The zero-order valence-electron chi connectivity index (χ0n) is 17.9. The number of anilines is 1. The Morgan fingerprint density at radius 1 is 1.10 bits per heavy atom. The first-order valence-electron chi connectivity index (χ1n) is 9.72. The maximum absolute atomic E-state index is 12.8. The number of rotatable bonds is 8. The molecule has 170 valence electrons. The fourth-order valence-corrected chi connectivity index (χ4v) is 4.83. The van der Waals surface area contributed by atoms with E-state index in [2.05, 4.69) is 15.6 Å². The van der Waals surface area contributed by atoms with E-state index in [1.807, 2.05) is 42.5 Å². The van der Waals surface area contributed by atoms with E-state index in [0.717, 1.165) is 23.2 Å². The summed E-state index contributed by atoms with van der Waals surface area (Å²) in [5.74, 6) is 1.83. The fraction of sp³-hybridized carbons (Fsp3) is 0.381. The van der Waals surface area contributed by atoms with Crippen LogP contribution in [0.1, 0.15) is 11.1 Å². The maximum atomic E-state index is 12.8. The van der Waals surface area contributed by atoms with Crippen LogP contribution in [0.2, 0.25) is 0 Å². The lowest BCUT2D eigenvalue weighted by Gasteiger charge is -2.20. The number of halogens is 1. The number of hydrogen-bond acceptors (Lipinski definition) is 5. The minimum absolute atomic E-state index is 0. The highest BCUT2D eigenvalue weighted by Crippen LogP contribution is 2.30. The molecule has 1 aliphatic rings. The van der Waals surface area contributed by atoms with E-state index < -0.39 is 10.0 Å². The summed E-state index contributed by atoms with van der Waals surface area (Å²) in [7, 11) is 1.43. The van der Waals surface area contributed by atoms with Crippen LogP contribution >= 0.6 is 24.0 Å². The van der Waals surface area contributed by atoms with Crippen LogP contribution in [0, 0.1) is 0 Å². The van der Waals surface area contributed by atoms with E-state index >= 15 is 0 Å². The Morgan fingerprint density at radius 3 is 2.55 bits per heavy atom. The molecule has 0 aliphatic carbocycles. The molecule has 31 heavy (non-hydrogen) atoms. The average Bonchev–Trinajstić information content (AvgIpc) is 3.21. The molecule has 0 unspecified atom stereocenters. The lowest BCUT2D eigenvalue weighted by atomic mass is 10.2. The van der Waals surface area contributed by atoms with E-state index in [0.29, 0.717) is 30.5 Å². The van der Waals surface area contributed by atoms with Crippen LogP contribution in [0.3, 0.4) is 0 Å². The molecule has 0 aromatic heterocycles. The van der Waals surface area contributed by atoms with Gasteiger partial charge in [0.15, 0.2) is 17.5 Å². The molecular weight excluding hydrogens is 531 g/mol. The van der Waals surface area contributed by atoms with Gasteiger partial charge in [0, 0.05) is 26.7 Å². The number of guanidine groups is 1. The Bertz CT molecular complexity index is 1010. The van der Waals surface area contributed by atoms with Gasteiger partial charge in [-0.25, -0.2) is 8.42 Å². The molecule has 0 saturated heterocycles. The molecule has 0 atom stereocenters. The van der Waals surface area contributed by atoms with Gasteiger partial charge in [0.05, 0.1) is 25.7 Å². The topological polar surface area (TPSA) is 92.3 Å². The Morgan fingerprint density at radius 2 is 1.84 bits per heavy atom. The number of hydrogen-bond donors (Lipinski definition) is 2. The molecule has 10 heteroatoms. The number of para-hydroxylation sites is 1. The zero-order valence-corrected chi connectivity index (χ0v) is 21.1. The van der Waals surface area contributed by atoms with E-state index in [9.17, 15) is 8.42 Å². The molecule has 0 spiro atoms. The highest BCUT2D eigenvalue weighted by Gasteiger charge is 2.28. The third kappa shape index (κ3) is 6.16. The Hall–Kier alpha value is -2.21. The smallest absolute Gasteiger partial charge is 0.236 e. The fourth-order valence-electron chi connectivity index (χ4n) is 3.40. The number of benzene rings is 2. The molecule has 1 heterocycles. The predicted molar refractivity (Wildman–Crippen MR) is 134 cm³/mol. The van der Waals surface area contributed by atoms with Crippen LogP contribution in [0.4, 0.5) is 5.69 Å². The van der Waals surface area contributed by atoms with Gasteiger partial charge < -0.3 is 20.1 Å². The van der Waals surface area contributed by atoms with Crippen molar-refractivity contribution in [3.63, 3.8) is 0 Å². The lowest BCUT2D eigenvalue weighted by Crippen LogP contribution is -2.41. The SMILES string of the molecule is CN=C(NCCS(=O)(=O)N1CCc2ccccc21)NCc1ccc(OC)c(OC)c1.I. The monoisotopic (exact) mass is 560 g/mol. The minimum atomic E-state index is -3.40. The predicted octanol–water partition coefficient (Wildman–Crippen LogP) is 2.38. The first-order valence-corrected chi connectivity index (χ1v) is 11.3. The Kier molecular flexibility index (Phi) is 9.23. The molecule has 1 aliphatic heterocycles. The zero-order chi connectivity index (χ0) is 21.6. The second-order valence-electron chi connectivity index (χ2n) is 6.81. The van der Waals surface area contributed by atoms with Crippen molar-refractivity contribution in [2.24, 2.45) is 4.99 Å². The number of nitrogens with one attached hydrogen (secondary N) is 2. The van der Waals surface area contributed by atoms with Crippen LogP contribution in [0.15, 0.2) is 47.5 Å². The van der Waals surface area contributed by atoms with Crippen LogP contribution in [0.25, 0.3) is 0 Å². The summed E-state index contributed by atoms with van der Waals surface area (Å²) in [6, 6.07) is 13.3. The molecule has 0 saturated carbocycles. The van der Waals surface area contributed by atoms with E-state index in [1.165, 1.54) is 4.31 Å². The molecule has 2 aromatic rings. The molecule has 0 amide bonds. The first-order chi connectivity index (χ1) is 14.5. The number of methoxy groups -OCH3 is 2. The van der Waals surface area contributed by atoms with Gasteiger partial charge in [-0.15, -0.1) is 24.0 Å². The molecule has 0 bridgehead atoms. The summed E-state index contributed by atoms with van der Waals surface area (Å²) in [5.41, 5.74) is 2.84. The summed E-state index contributed by atoms with van der Waals surface area (Å²) in [6.07, 6.45) is 0.747. The van der Waals surface area contributed by atoms with Crippen LogP contribution in [-0.4, -0.2) is 54.5 Å². The van der Waals surface area contributed by atoms with Crippen LogP contribution in [0.5, 0.6) is 11.5 Å². The van der Waals surface area contributed by atoms with Gasteiger partial charge in [0.2, 0.25) is 10.0 Å². The molecule has 2 N–H and O–H groups in total. The van der Waals surface area contributed by atoms with Gasteiger partial charge >= 0.3 is 0 Å². The molecule has 0 radical (unpaired) electrons. The summed E-state index contributed by atoms with van der Waals surface area (Å²) >= 11 is 0. The standard InChI is InChI=1S/C21H28N4O4S.HI/c1-22-21(24-15-16-8-9-19(28-2)20(14-16)29-3)23-11-13-30(26,27)25-12-10-17-6-4-5-7-18(17)25;/h4-9,14H,10-13,15H2,1-3H3,(H2,22,23,24);1H. The largest absolute Gasteiger partial charge is 0.493 e. The van der Waals surface area contributed by atoms with Crippen LogP contribution in [-0.2, 0) is 23.0 Å². The van der Waals surface area contributed by atoms with Gasteiger partial charge in [-0.1, -0.05) is 24.3 Å². The third-order valence-electron chi connectivity index (χ3n) is 4.96. The van der Waals surface area contributed by atoms with Crippen molar-refractivity contribution >= 4 is 45.6 Å². The van der Waals surface area contributed by atoms with Crippen molar-refractivity contribution in [3.05, 3.63) is 53.6 Å². The second kappa shape index (κ2) is 11.4. The van der Waals surface area contributed by atoms with Gasteiger partial charge in [-0.2, -0.15) is 0 Å². The van der Waals surface area contributed by atoms with Crippen LogP contribution < -0.4 is 24.4 Å².